The molecule has 10 heteroatoms. The zero-order valence-electron chi connectivity index (χ0n) is 15.1. The van der Waals surface area contributed by atoms with Gasteiger partial charge in [-0.3, -0.25) is 14.9 Å². The van der Waals surface area contributed by atoms with Crippen LogP contribution in [0.15, 0.2) is 42.6 Å². The van der Waals surface area contributed by atoms with Crippen LogP contribution in [-0.2, 0) is 9.53 Å². The van der Waals surface area contributed by atoms with E-state index >= 15 is 0 Å². The highest BCUT2D eigenvalue weighted by Crippen LogP contribution is 2.23. The van der Waals surface area contributed by atoms with Crippen molar-refractivity contribution in [1.29, 1.82) is 0 Å². The van der Waals surface area contributed by atoms with Crippen LogP contribution in [0, 0.1) is 0 Å². The van der Waals surface area contributed by atoms with Crippen molar-refractivity contribution >= 4 is 23.6 Å². The average Bonchev–Trinajstić information content (AvgIpc) is 3.51. The van der Waals surface area contributed by atoms with Gasteiger partial charge in [-0.2, -0.15) is 8.78 Å². The molecule has 2 amide bonds. The SMILES string of the molecule is O=C(COC(=O)c1ccc(NC2CC2)nc1)NC(=O)c1ccc(OC(F)F)cc1. The third kappa shape index (κ3) is 6.23. The highest BCUT2D eigenvalue weighted by atomic mass is 19.3. The zero-order valence-corrected chi connectivity index (χ0v) is 15.1. The fourth-order valence-corrected chi connectivity index (χ4v) is 2.27. The number of amides is 2. The van der Waals surface area contributed by atoms with Crippen LogP contribution in [0.2, 0.25) is 0 Å². The number of imide groups is 1. The Labute approximate surface area is 164 Å². The normalized spacial score (nSPS) is 12.9. The van der Waals surface area contributed by atoms with Gasteiger partial charge in [-0.05, 0) is 49.2 Å². The molecule has 152 valence electrons. The summed E-state index contributed by atoms with van der Waals surface area (Å²) in [4.78, 5) is 39.8. The molecule has 0 aliphatic heterocycles. The first-order chi connectivity index (χ1) is 13.9. The van der Waals surface area contributed by atoms with Gasteiger partial charge in [0, 0.05) is 17.8 Å². The minimum Gasteiger partial charge on any atom is -0.452 e. The molecule has 8 nitrogen and oxygen atoms in total. The maximum atomic E-state index is 12.1. The van der Waals surface area contributed by atoms with E-state index in [0.717, 1.165) is 12.8 Å². The van der Waals surface area contributed by atoms with E-state index in [2.05, 4.69) is 15.0 Å². The van der Waals surface area contributed by atoms with Gasteiger partial charge >= 0.3 is 12.6 Å². The molecule has 3 rings (SSSR count). The quantitative estimate of drug-likeness (QED) is 0.650. The second kappa shape index (κ2) is 9.09. The Bertz CT molecular complexity index is 884. The van der Waals surface area contributed by atoms with Crippen LogP contribution in [-0.4, -0.2) is 42.0 Å². The number of anilines is 1. The predicted molar refractivity (Wildman–Crippen MR) is 96.7 cm³/mol. The number of carbonyl (C=O) groups is 3. The number of alkyl halides is 2. The van der Waals surface area contributed by atoms with Gasteiger partial charge in [-0.15, -0.1) is 0 Å². The lowest BCUT2D eigenvalue weighted by molar-refractivity contribution is -0.123. The first-order valence-corrected chi connectivity index (χ1v) is 8.69. The van der Waals surface area contributed by atoms with Crippen molar-refractivity contribution < 1.29 is 32.6 Å². The molecule has 2 N–H and O–H groups in total. The largest absolute Gasteiger partial charge is 0.452 e. The number of pyridine rings is 1. The van der Waals surface area contributed by atoms with Gasteiger partial charge in [0.15, 0.2) is 6.61 Å². The van der Waals surface area contributed by atoms with E-state index in [1.807, 2.05) is 5.32 Å². The van der Waals surface area contributed by atoms with Crippen molar-refractivity contribution in [3.63, 3.8) is 0 Å². The fourth-order valence-electron chi connectivity index (χ4n) is 2.27. The van der Waals surface area contributed by atoms with Gasteiger partial charge in [-0.25, -0.2) is 9.78 Å². The molecule has 0 bridgehead atoms. The molecule has 0 radical (unpaired) electrons. The van der Waals surface area contributed by atoms with E-state index in [9.17, 15) is 23.2 Å². The molecular formula is C19H17F2N3O5. The summed E-state index contributed by atoms with van der Waals surface area (Å²) in [6, 6.07) is 8.35. The van der Waals surface area contributed by atoms with E-state index < -0.39 is 31.0 Å². The summed E-state index contributed by atoms with van der Waals surface area (Å²) in [5, 5.41) is 5.20. The van der Waals surface area contributed by atoms with Crippen LogP contribution in [0.1, 0.15) is 33.6 Å². The number of rotatable bonds is 8. The predicted octanol–water partition coefficient (Wildman–Crippen LogP) is 2.37. The van der Waals surface area contributed by atoms with Crippen molar-refractivity contribution in [1.82, 2.24) is 10.3 Å². The van der Waals surface area contributed by atoms with Crippen LogP contribution >= 0.6 is 0 Å². The summed E-state index contributed by atoms with van der Waals surface area (Å²) in [7, 11) is 0. The maximum absolute atomic E-state index is 12.1. The Hall–Kier alpha value is -3.56. The third-order valence-corrected chi connectivity index (χ3v) is 3.86. The molecule has 1 saturated carbocycles. The molecule has 0 saturated heterocycles. The Balaban J connectivity index is 1.44. The van der Waals surface area contributed by atoms with Crippen LogP contribution in [0.25, 0.3) is 0 Å². The van der Waals surface area contributed by atoms with Gasteiger partial charge in [-0.1, -0.05) is 0 Å². The van der Waals surface area contributed by atoms with Crippen LogP contribution < -0.4 is 15.4 Å². The van der Waals surface area contributed by atoms with E-state index in [-0.39, 0.29) is 16.9 Å². The molecule has 1 aromatic heterocycles. The molecule has 29 heavy (non-hydrogen) atoms. The van der Waals surface area contributed by atoms with Gasteiger partial charge in [0.2, 0.25) is 0 Å². The summed E-state index contributed by atoms with van der Waals surface area (Å²) in [6.07, 6.45) is 3.51. The lowest BCUT2D eigenvalue weighted by Crippen LogP contribution is -2.34. The van der Waals surface area contributed by atoms with Crippen molar-refractivity contribution in [2.45, 2.75) is 25.5 Å². The van der Waals surface area contributed by atoms with Gasteiger partial charge in [0.1, 0.15) is 11.6 Å². The minimum absolute atomic E-state index is 0.0502. The molecular weight excluding hydrogens is 388 g/mol. The molecule has 0 spiro atoms. The molecule has 0 unspecified atom stereocenters. The second-order valence-corrected chi connectivity index (χ2v) is 6.21. The first-order valence-electron chi connectivity index (χ1n) is 8.69. The molecule has 1 fully saturated rings. The van der Waals surface area contributed by atoms with Crippen LogP contribution in [0.4, 0.5) is 14.6 Å². The topological polar surface area (TPSA) is 107 Å². The molecule has 2 aromatic rings. The fraction of sp³-hybridized carbons (Fsp3) is 0.263. The maximum Gasteiger partial charge on any atom is 0.387 e. The summed E-state index contributed by atoms with van der Waals surface area (Å²) in [5.41, 5.74) is 0.217. The number of hydrogen-bond acceptors (Lipinski definition) is 7. The van der Waals surface area contributed by atoms with Crippen LogP contribution in [0.3, 0.4) is 0 Å². The Morgan fingerprint density at radius 2 is 1.76 bits per heavy atom. The second-order valence-electron chi connectivity index (χ2n) is 6.21. The van der Waals surface area contributed by atoms with Crippen molar-refractivity contribution in [2.75, 3.05) is 11.9 Å². The molecule has 0 atom stereocenters. The monoisotopic (exact) mass is 405 g/mol. The van der Waals surface area contributed by atoms with E-state index in [1.54, 1.807) is 6.07 Å². The number of ether oxygens (including phenoxy) is 2. The Morgan fingerprint density at radius 3 is 2.34 bits per heavy atom. The summed E-state index contributed by atoms with van der Waals surface area (Å²) >= 11 is 0. The lowest BCUT2D eigenvalue weighted by atomic mass is 10.2. The number of esters is 1. The van der Waals surface area contributed by atoms with E-state index in [4.69, 9.17) is 4.74 Å². The Morgan fingerprint density at radius 1 is 1.07 bits per heavy atom. The van der Waals surface area contributed by atoms with Crippen molar-refractivity contribution in [3.05, 3.63) is 53.7 Å². The summed E-state index contributed by atoms with van der Waals surface area (Å²) in [5.74, 6) is -1.84. The van der Waals surface area contributed by atoms with E-state index in [0.29, 0.717) is 11.9 Å². The first kappa shape index (κ1) is 20.2. The van der Waals surface area contributed by atoms with Crippen LogP contribution in [0.5, 0.6) is 5.75 Å². The Kier molecular flexibility index (Phi) is 6.32. The summed E-state index contributed by atoms with van der Waals surface area (Å²) < 4.78 is 33.2. The number of carbonyl (C=O) groups excluding carboxylic acids is 3. The van der Waals surface area contributed by atoms with Gasteiger partial charge in [0.25, 0.3) is 11.8 Å². The standard InChI is InChI=1S/C19H17F2N3O5/c20-19(21)29-14-6-1-11(2-7-14)17(26)24-16(25)10-28-18(27)12-3-8-15(22-9-12)23-13-4-5-13/h1-3,6-9,13,19H,4-5,10H2,(H,22,23)(H,24,25,26). The average molecular weight is 405 g/mol. The lowest BCUT2D eigenvalue weighted by Gasteiger charge is -2.08. The van der Waals surface area contributed by atoms with Crippen molar-refractivity contribution in [3.8, 4) is 5.75 Å². The highest BCUT2D eigenvalue weighted by molar-refractivity contribution is 6.05. The molecule has 1 heterocycles. The summed E-state index contributed by atoms with van der Waals surface area (Å²) in [6.45, 7) is -3.65. The van der Waals surface area contributed by atoms with E-state index in [1.165, 1.54) is 36.5 Å². The molecule has 1 aromatic carbocycles. The number of hydrogen-bond donors (Lipinski definition) is 2. The third-order valence-electron chi connectivity index (χ3n) is 3.86. The smallest absolute Gasteiger partial charge is 0.387 e. The molecule has 1 aliphatic carbocycles. The number of nitrogens with one attached hydrogen (secondary N) is 2. The number of halogens is 2. The number of nitrogens with zero attached hydrogens (tertiary/aromatic N) is 1. The number of benzene rings is 1. The zero-order chi connectivity index (χ0) is 20.8. The van der Waals surface area contributed by atoms with Crippen molar-refractivity contribution in [2.24, 2.45) is 0 Å². The van der Waals surface area contributed by atoms with Gasteiger partial charge in [0.05, 0.1) is 5.56 Å². The highest BCUT2D eigenvalue weighted by Gasteiger charge is 2.21. The van der Waals surface area contributed by atoms with Gasteiger partial charge < -0.3 is 14.8 Å². The minimum atomic E-state index is -2.98. The molecule has 1 aliphatic rings. The number of aromatic nitrogens is 1.